The van der Waals surface area contributed by atoms with Crippen molar-refractivity contribution in [1.29, 1.82) is 0 Å². The number of ketones is 1. The largest absolute Gasteiger partial charge is 0.466 e. The van der Waals surface area contributed by atoms with Crippen LogP contribution in [0.4, 0.5) is 0 Å². The van der Waals surface area contributed by atoms with Gasteiger partial charge in [0.15, 0.2) is 5.78 Å². The van der Waals surface area contributed by atoms with Crippen molar-refractivity contribution in [2.24, 2.45) is 0 Å². The molecule has 0 bridgehead atoms. The Bertz CT molecular complexity index is 241. The third-order valence-electron chi connectivity index (χ3n) is 0.974. The first kappa shape index (κ1) is 11.4. The Morgan fingerprint density at radius 1 is 1.15 bits per heavy atom. The van der Waals surface area contributed by atoms with E-state index in [1.54, 1.807) is 0 Å². The molecule has 5 heteroatoms. The fourth-order valence-corrected chi connectivity index (χ4v) is 0.425. The lowest BCUT2D eigenvalue weighted by Crippen LogP contribution is -2.09. The molecule has 72 valence electrons. The van der Waals surface area contributed by atoms with Crippen molar-refractivity contribution in [2.75, 3.05) is 13.7 Å². The molecule has 0 N–H and O–H groups in total. The Balaban J connectivity index is 3.80. The predicted molar refractivity (Wildman–Crippen MR) is 42.8 cm³/mol. The average molecular weight is 186 g/mol. The molecular formula is C8H10O5. The number of rotatable bonds is 4. The number of ether oxygens (including phenoxy) is 2. The van der Waals surface area contributed by atoms with Crippen LogP contribution in [-0.2, 0) is 23.9 Å². The van der Waals surface area contributed by atoms with Gasteiger partial charge >= 0.3 is 11.9 Å². The van der Waals surface area contributed by atoms with Gasteiger partial charge < -0.3 is 9.47 Å². The van der Waals surface area contributed by atoms with Crippen molar-refractivity contribution in [1.82, 2.24) is 0 Å². The molecule has 13 heavy (non-hydrogen) atoms. The Labute approximate surface area is 75.3 Å². The number of carbonyl (C=O) groups excluding carboxylic acids is 3. The topological polar surface area (TPSA) is 69.7 Å². The molecule has 0 aromatic heterocycles. The van der Waals surface area contributed by atoms with Crippen LogP contribution in [0, 0.1) is 0 Å². The maximum Gasteiger partial charge on any atom is 0.331 e. The summed E-state index contributed by atoms with van der Waals surface area (Å²) in [7, 11) is 1.19. The minimum Gasteiger partial charge on any atom is -0.466 e. The van der Waals surface area contributed by atoms with Gasteiger partial charge in [-0.15, -0.1) is 0 Å². The van der Waals surface area contributed by atoms with Gasteiger partial charge in [-0.25, -0.2) is 9.59 Å². The van der Waals surface area contributed by atoms with Crippen LogP contribution in [0.5, 0.6) is 0 Å². The first-order valence-corrected chi connectivity index (χ1v) is 3.48. The van der Waals surface area contributed by atoms with Crippen molar-refractivity contribution >= 4 is 17.7 Å². The van der Waals surface area contributed by atoms with Gasteiger partial charge in [0.1, 0.15) is 6.61 Å². The summed E-state index contributed by atoms with van der Waals surface area (Å²) in [5.41, 5.74) is 0. The first-order chi connectivity index (χ1) is 6.06. The van der Waals surface area contributed by atoms with Gasteiger partial charge in [0.2, 0.25) is 0 Å². The fraction of sp³-hybridized carbons (Fsp3) is 0.375. The number of esters is 2. The van der Waals surface area contributed by atoms with Gasteiger partial charge in [-0.05, 0) is 6.92 Å². The highest BCUT2D eigenvalue weighted by Gasteiger charge is 2.00. The molecule has 0 radical (unpaired) electrons. The van der Waals surface area contributed by atoms with Crippen molar-refractivity contribution in [2.45, 2.75) is 6.92 Å². The zero-order valence-corrected chi connectivity index (χ0v) is 7.40. The molecule has 0 rings (SSSR count). The summed E-state index contributed by atoms with van der Waals surface area (Å²) in [4.78, 5) is 31.5. The second-order valence-electron chi connectivity index (χ2n) is 2.17. The summed E-state index contributed by atoms with van der Waals surface area (Å²) >= 11 is 0. The average Bonchev–Trinajstić information content (AvgIpc) is 2.10. The van der Waals surface area contributed by atoms with Crippen molar-refractivity contribution < 1.29 is 23.9 Å². The van der Waals surface area contributed by atoms with Crippen molar-refractivity contribution in [3.8, 4) is 0 Å². The number of carbonyl (C=O) groups is 3. The summed E-state index contributed by atoms with van der Waals surface area (Å²) in [5.74, 6) is -1.67. The molecule has 0 aliphatic carbocycles. The smallest absolute Gasteiger partial charge is 0.331 e. The molecule has 0 aliphatic rings. The van der Waals surface area contributed by atoms with Gasteiger partial charge in [-0.3, -0.25) is 4.79 Å². The number of hydrogen-bond donors (Lipinski definition) is 0. The zero-order valence-electron chi connectivity index (χ0n) is 7.40. The second kappa shape index (κ2) is 5.93. The van der Waals surface area contributed by atoms with E-state index in [0.29, 0.717) is 0 Å². The van der Waals surface area contributed by atoms with Crippen LogP contribution in [0.15, 0.2) is 12.2 Å². The van der Waals surface area contributed by atoms with E-state index in [1.165, 1.54) is 14.0 Å². The van der Waals surface area contributed by atoms with Crippen LogP contribution in [-0.4, -0.2) is 31.4 Å². The standard InChI is InChI=1S/C8H10O5/c1-6(9)5-13-8(11)4-3-7(10)12-2/h3-4H,5H2,1-2H3. The maximum absolute atomic E-state index is 10.7. The van der Waals surface area contributed by atoms with E-state index in [2.05, 4.69) is 9.47 Å². The summed E-state index contributed by atoms with van der Waals surface area (Å²) < 4.78 is 8.64. The highest BCUT2D eigenvalue weighted by atomic mass is 16.5. The molecule has 0 atom stereocenters. The van der Waals surface area contributed by atoms with Crippen LogP contribution in [0.1, 0.15) is 6.92 Å². The van der Waals surface area contributed by atoms with E-state index in [9.17, 15) is 14.4 Å². The molecule has 0 aliphatic heterocycles. The summed E-state index contributed by atoms with van der Waals surface area (Å²) in [5, 5.41) is 0. The monoisotopic (exact) mass is 186 g/mol. The van der Waals surface area contributed by atoms with E-state index in [1.807, 2.05) is 0 Å². The molecule has 0 saturated carbocycles. The van der Waals surface area contributed by atoms with Crippen LogP contribution in [0.25, 0.3) is 0 Å². The SMILES string of the molecule is COC(=O)C=CC(=O)OCC(C)=O. The van der Waals surface area contributed by atoms with E-state index < -0.39 is 11.9 Å². The number of methoxy groups -OCH3 is 1. The maximum atomic E-state index is 10.7. The molecule has 0 aromatic carbocycles. The quantitative estimate of drug-likeness (QED) is 0.451. The number of hydrogen-bond acceptors (Lipinski definition) is 5. The van der Waals surface area contributed by atoms with E-state index in [0.717, 1.165) is 12.2 Å². The van der Waals surface area contributed by atoms with Crippen LogP contribution < -0.4 is 0 Å². The highest BCUT2D eigenvalue weighted by molar-refractivity contribution is 5.92. The molecule has 5 nitrogen and oxygen atoms in total. The number of Topliss-reactive ketones (excluding diaryl/α,β-unsaturated/α-hetero) is 1. The zero-order chi connectivity index (χ0) is 10.3. The minimum absolute atomic E-state index is 0.264. The molecule has 0 spiro atoms. The minimum atomic E-state index is -0.749. The molecular weight excluding hydrogens is 176 g/mol. The Morgan fingerprint density at radius 2 is 1.69 bits per heavy atom. The third kappa shape index (κ3) is 6.74. The van der Waals surface area contributed by atoms with E-state index >= 15 is 0 Å². The van der Waals surface area contributed by atoms with Crippen molar-refractivity contribution in [3.63, 3.8) is 0 Å². The molecule has 0 fully saturated rings. The first-order valence-electron chi connectivity index (χ1n) is 3.48. The normalized spacial score (nSPS) is 9.69. The lowest BCUT2D eigenvalue weighted by Gasteiger charge is -1.96. The second-order valence-corrected chi connectivity index (χ2v) is 2.17. The molecule has 0 saturated heterocycles. The van der Waals surface area contributed by atoms with Gasteiger partial charge in [0, 0.05) is 12.2 Å². The van der Waals surface area contributed by atoms with Crippen LogP contribution in [0.3, 0.4) is 0 Å². The summed E-state index contributed by atoms with van der Waals surface area (Å²) in [6.07, 6.45) is 1.82. The van der Waals surface area contributed by atoms with Gasteiger partial charge in [0.05, 0.1) is 7.11 Å². The summed E-state index contributed by atoms with van der Waals surface area (Å²) in [6, 6.07) is 0. The molecule has 0 unspecified atom stereocenters. The molecule has 0 heterocycles. The third-order valence-corrected chi connectivity index (χ3v) is 0.974. The molecule has 0 aromatic rings. The fourth-order valence-electron chi connectivity index (χ4n) is 0.425. The molecule has 0 amide bonds. The van der Waals surface area contributed by atoms with E-state index in [-0.39, 0.29) is 12.4 Å². The Hall–Kier alpha value is -1.65. The van der Waals surface area contributed by atoms with Gasteiger partial charge in [-0.1, -0.05) is 0 Å². The Kier molecular flexibility index (Phi) is 5.18. The highest BCUT2D eigenvalue weighted by Crippen LogP contribution is 1.84. The van der Waals surface area contributed by atoms with Crippen LogP contribution >= 0.6 is 0 Å². The van der Waals surface area contributed by atoms with Gasteiger partial charge in [-0.2, -0.15) is 0 Å². The Morgan fingerprint density at radius 3 is 2.15 bits per heavy atom. The van der Waals surface area contributed by atoms with E-state index in [4.69, 9.17) is 0 Å². The summed E-state index contributed by atoms with van der Waals surface area (Å²) in [6.45, 7) is 1.00. The lowest BCUT2D eigenvalue weighted by molar-refractivity contribution is -0.143. The lowest BCUT2D eigenvalue weighted by atomic mass is 10.5. The predicted octanol–water partition coefficient (Wildman–Crippen LogP) is -0.152. The van der Waals surface area contributed by atoms with Gasteiger partial charge in [0.25, 0.3) is 0 Å². The van der Waals surface area contributed by atoms with Crippen molar-refractivity contribution in [3.05, 3.63) is 12.2 Å². The van der Waals surface area contributed by atoms with Crippen LogP contribution in [0.2, 0.25) is 0 Å².